The Labute approximate surface area is 107 Å². The van der Waals surface area contributed by atoms with Crippen molar-refractivity contribution in [1.82, 2.24) is 10.6 Å². The molecule has 2 unspecified atom stereocenters. The third-order valence-corrected chi connectivity index (χ3v) is 3.48. The molecule has 0 saturated carbocycles. The molecule has 2 atom stereocenters. The zero-order valence-electron chi connectivity index (χ0n) is 10.7. The summed E-state index contributed by atoms with van der Waals surface area (Å²) >= 11 is 0. The van der Waals surface area contributed by atoms with Crippen molar-refractivity contribution < 1.29 is 19.8 Å². The summed E-state index contributed by atoms with van der Waals surface area (Å²) in [5.74, 6) is -1.31. The molecule has 104 valence electrons. The summed E-state index contributed by atoms with van der Waals surface area (Å²) < 4.78 is 0. The first-order chi connectivity index (χ1) is 8.55. The van der Waals surface area contributed by atoms with E-state index in [9.17, 15) is 9.59 Å². The Kier molecular flexibility index (Phi) is 5.55. The highest BCUT2D eigenvalue weighted by Gasteiger charge is 2.41. The second-order valence-corrected chi connectivity index (χ2v) is 4.83. The van der Waals surface area contributed by atoms with Crippen molar-refractivity contribution >= 4 is 11.9 Å². The number of carbonyl (C=O) groups is 2. The van der Waals surface area contributed by atoms with Crippen LogP contribution < -0.4 is 10.6 Å². The molecule has 0 aromatic heterocycles. The van der Waals surface area contributed by atoms with E-state index in [4.69, 9.17) is 10.2 Å². The van der Waals surface area contributed by atoms with Gasteiger partial charge in [-0.2, -0.15) is 0 Å². The van der Waals surface area contributed by atoms with Crippen molar-refractivity contribution in [3.05, 3.63) is 0 Å². The Morgan fingerprint density at radius 1 is 1.50 bits per heavy atom. The number of carbonyl (C=O) groups excluding carboxylic acids is 1. The van der Waals surface area contributed by atoms with Crippen LogP contribution in [-0.2, 0) is 9.59 Å². The number of aliphatic hydroxyl groups excluding tert-OH is 1. The standard InChI is InChI=1S/C12H22N2O4/c1-2-4-12(5-6-13-8-12)11(18)14-9(3-7-15)10(16)17/h9,13,15H,2-8H2,1H3,(H,14,18)(H,16,17). The van der Waals surface area contributed by atoms with Gasteiger partial charge in [0.25, 0.3) is 0 Å². The van der Waals surface area contributed by atoms with Gasteiger partial charge in [0.2, 0.25) is 5.91 Å². The van der Waals surface area contributed by atoms with E-state index in [1.165, 1.54) is 0 Å². The van der Waals surface area contributed by atoms with Gasteiger partial charge in [0.15, 0.2) is 0 Å². The van der Waals surface area contributed by atoms with Gasteiger partial charge in [-0.25, -0.2) is 4.79 Å². The fourth-order valence-corrected chi connectivity index (χ4v) is 2.44. The minimum atomic E-state index is -1.10. The molecule has 0 aromatic rings. The van der Waals surface area contributed by atoms with Crippen LogP contribution in [0.3, 0.4) is 0 Å². The van der Waals surface area contributed by atoms with Gasteiger partial charge in [0.05, 0.1) is 5.41 Å². The van der Waals surface area contributed by atoms with E-state index in [2.05, 4.69) is 10.6 Å². The molecule has 18 heavy (non-hydrogen) atoms. The summed E-state index contributed by atoms with van der Waals surface area (Å²) in [6.45, 7) is 3.13. The van der Waals surface area contributed by atoms with Crippen LogP contribution in [0.1, 0.15) is 32.6 Å². The van der Waals surface area contributed by atoms with Gasteiger partial charge >= 0.3 is 5.97 Å². The molecular weight excluding hydrogens is 236 g/mol. The number of rotatable bonds is 7. The molecule has 1 saturated heterocycles. The van der Waals surface area contributed by atoms with E-state index in [0.29, 0.717) is 6.54 Å². The Hall–Kier alpha value is -1.14. The predicted molar refractivity (Wildman–Crippen MR) is 66.1 cm³/mol. The lowest BCUT2D eigenvalue weighted by atomic mass is 9.81. The molecule has 1 amide bonds. The highest BCUT2D eigenvalue weighted by Crippen LogP contribution is 2.31. The van der Waals surface area contributed by atoms with E-state index >= 15 is 0 Å². The van der Waals surface area contributed by atoms with Gasteiger partial charge in [-0.15, -0.1) is 0 Å². The van der Waals surface area contributed by atoms with Gasteiger partial charge in [-0.1, -0.05) is 13.3 Å². The number of amides is 1. The average Bonchev–Trinajstić information content (AvgIpc) is 2.78. The van der Waals surface area contributed by atoms with Crippen LogP contribution >= 0.6 is 0 Å². The van der Waals surface area contributed by atoms with Crippen LogP contribution in [0.4, 0.5) is 0 Å². The zero-order chi connectivity index (χ0) is 13.6. The lowest BCUT2D eigenvalue weighted by Crippen LogP contribution is -2.49. The van der Waals surface area contributed by atoms with E-state index in [1.54, 1.807) is 0 Å². The van der Waals surface area contributed by atoms with Crippen molar-refractivity contribution in [2.45, 2.75) is 38.6 Å². The van der Waals surface area contributed by atoms with Crippen LogP contribution in [-0.4, -0.2) is 47.8 Å². The maximum atomic E-state index is 12.3. The lowest BCUT2D eigenvalue weighted by Gasteiger charge is -2.28. The molecule has 1 fully saturated rings. The van der Waals surface area contributed by atoms with Crippen molar-refractivity contribution in [2.75, 3.05) is 19.7 Å². The Bertz CT molecular complexity index is 300. The summed E-state index contributed by atoms with van der Waals surface area (Å²) in [7, 11) is 0. The molecule has 0 spiro atoms. The van der Waals surface area contributed by atoms with Crippen LogP contribution in [0.2, 0.25) is 0 Å². The Morgan fingerprint density at radius 2 is 2.22 bits per heavy atom. The summed E-state index contributed by atoms with van der Waals surface area (Å²) in [6, 6.07) is -1.00. The molecule has 6 nitrogen and oxygen atoms in total. The monoisotopic (exact) mass is 258 g/mol. The van der Waals surface area contributed by atoms with Gasteiger partial charge in [0.1, 0.15) is 6.04 Å². The molecule has 1 heterocycles. The summed E-state index contributed by atoms with van der Waals surface area (Å²) in [5.41, 5.74) is -0.488. The van der Waals surface area contributed by atoms with Crippen molar-refractivity contribution in [3.8, 4) is 0 Å². The number of carboxylic acid groups (broad SMARTS) is 1. The molecule has 1 rings (SSSR count). The molecule has 4 N–H and O–H groups in total. The third kappa shape index (κ3) is 3.43. The summed E-state index contributed by atoms with van der Waals surface area (Å²) in [4.78, 5) is 23.2. The largest absolute Gasteiger partial charge is 0.480 e. The molecular formula is C12H22N2O4. The number of aliphatic carboxylic acids is 1. The minimum absolute atomic E-state index is 0.0384. The number of aliphatic hydroxyl groups is 1. The fourth-order valence-electron chi connectivity index (χ4n) is 2.44. The van der Waals surface area contributed by atoms with Crippen LogP contribution in [0.15, 0.2) is 0 Å². The second-order valence-electron chi connectivity index (χ2n) is 4.83. The third-order valence-electron chi connectivity index (χ3n) is 3.48. The van der Waals surface area contributed by atoms with Gasteiger partial charge < -0.3 is 20.8 Å². The maximum absolute atomic E-state index is 12.3. The van der Waals surface area contributed by atoms with Gasteiger partial charge in [-0.05, 0) is 19.4 Å². The van der Waals surface area contributed by atoms with E-state index < -0.39 is 17.4 Å². The molecule has 0 aromatic carbocycles. The number of hydrogen-bond acceptors (Lipinski definition) is 4. The van der Waals surface area contributed by atoms with Crippen LogP contribution in [0.5, 0.6) is 0 Å². The molecule has 1 aliphatic rings. The summed E-state index contributed by atoms with van der Waals surface area (Å²) in [5, 5.41) is 23.5. The SMILES string of the molecule is CCCC1(C(=O)NC(CCO)C(=O)O)CCNC1. The first-order valence-corrected chi connectivity index (χ1v) is 6.41. The summed E-state index contributed by atoms with van der Waals surface area (Å²) in [6.07, 6.45) is 2.40. The molecule has 0 aliphatic carbocycles. The quantitative estimate of drug-likeness (QED) is 0.503. The highest BCUT2D eigenvalue weighted by atomic mass is 16.4. The van der Waals surface area contributed by atoms with E-state index in [1.807, 2.05) is 6.92 Å². The maximum Gasteiger partial charge on any atom is 0.326 e. The topological polar surface area (TPSA) is 98.7 Å². The number of carboxylic acids is 1. The van der Waals surface area contributed by atoms with Crippen molar-refractivity contribution in [1.29, 1.82) is 0 Å². The predicted octanol–water partition coefficient (Wildman–Crippen LogP) is -0.282. The average molecular weight is 258 g/mol. The first kappa shape index (κ1) is 14.9. The molecule has 0 bridgehead atoms. The lowest BCUT2D eigenvalue weighted by molar-refractivity contribution is -0.144. The van der Waals surface area contributed by atoms with E-state index in [0.717, 1.165) is 25.8 Å². The zero-order valence-corrected chi connectivity index (χ0v) is 10.7. The minimum Gasteiger partial charge on any atom is -0.480 e. The van der Waals surface area contributed by atoms with Gasteiger partial charge in [0, 0.05) is 19.6 Å². The molecule has 1 aliphatic heterocycles. The van der Waals surface area contributed by atoms with Gasteiger partial charge in [-0.3, -0.25) is 4.79 Å². The Balaban J connectivity index is 2.68. The van der Waals surface area contributed by atoms with Crippen LogP contribution in [0.25, 0.3) is 0 Å². The fraction of sp³-hybridized carbons (Fsp3) is 0.833. The normalized spacial score (nSPS) is 24.8. The van der Waals surface area contributed by atoms with Crippen LogP contribution in [0, 0.1) is 5.41 Å². The van der Waals surface area contributed by atoms with E-state index in [-0.39, 0.29) is 18.9 Å². The van der Waals surface area contributed by atoms with Crippen molar-refractivity contribution in [2.24, 2.45) is 5.41 Å². The highest BCUT2D eigenvalue weighted by molar-refractivity contribution is 5.87. The first-order valence-electron chi connectivity index (χ1n) is 6.41. The smallest absolute Gasteiger partial charge is 0.326 e. The molecule has 0 radical (unpaired) electrons. The Morgan fingerprint density at radius 3 is 2.67 bits per heavy atom. The second kappa shape index (κ2) is 6.70. The number of hydrogen-bond donors (Lipinski definition) is 4. The number of nitrogens with one attached hydrogen (secondary N) is 2. The van der Waals surface area contributed by atoms with Crippen molar-refractivity contribution in [3.63, 3.8) is 0 Å². The molecule has 6 heteroatoms.